The van der Waals surface area contributed by atoms with E-state index in [1.54, 1.807) is 12.4 Å². The van der Waals surface area contributed by atoms with Gasteiger partial charge in [0.15, 0.2) is 5.82 Å². The zero-order chi connectivity index (χ0) is 11.5. The fraction of sp³-hybridized carbons (Fsp3) is 0.364. The molecule has 5 heteroatoms. The maximum Gasteiger partial charge on any atom is 0.165 e. The van der Waals surface area contributed by atoms with Crippen LogP contribution >= 0.6 is 0 Å². The fourth-order valence-corrected chi connectivity index (χ4v) is 1.53. The highest BCUT2D eigenvalue weighted by Crippen LogP contribution is 2.15. The van der Waals surface area contributed by atoms with Crippen LogP contribution in [-0.2, 0) is 13.6 Å². The number of rotatable bonds is 3. The third kappa shape index (κ3) is 2.09. The number of pyridine rings is 1. The summed E-state index contributed by atoms with van der Waals surface area (Å²) in [5.41, 5.74) is 0.988. The molecule has 2 aromatic heterocycles. The SMILES string of the molecule is CN(C)Cc1nnc(-c2cccnc2)n1C. The van der Waals surface area contributed by atoms with E-state index in [-0.39, 0.29) is 0 Å². The maximum absolute atomic E-state index is 4.19. The highest BCUT2D eigenvalue weighted by Gasteiger charge is 2.10. The Morgan fingerprint density at radius 2 is 2.12 bits per heavy atom. The molecule has 0 saturated heterocycles. The predicted molar refractivity (Wildman–Crippen MR) is 61.6 cm³/mol. The van der Waals surface area contributed by atoms with Crippen molar-refractivity contribution in [3.63, 3.8) is 0 Å². The van der Waals surface area contributed by atoms with Gasteiger partial charge in [0.05, 0.1) is 6.54 Å². The second-order valence-electron chi connectivity index (χ2n) is 3.98. The minimum Gasteiger partial charge on any atom is -0.313 e. The van der Waals surface area contributed by atoms with Gasteiger partial charge in [-0.15, -0.1) is 10.2 Å². The molecular weight excluding hydrogens is 202 g/mol. The second-order valence-corrected chi connectivity index (χ2v) is 3.98. The van der Waals surface area contributed by atoms with Gasteiger partial charge in [-0.2, -0.15) is 0 Å². The zero-order valence-corrected chi connectivity index (χ0v) is 9.75. The van der Waals surface area contributed by atoms with Crippen LogP contribution in [-0.4, -0.2) is 38.7 Å². The third-order valence-electron chi connectivity index (χ3n) is 2.34. The molecular formula is C11H15N5. The minimum absolute atomic E-state index is 0.782. The Balaban J connectivity index is 2.34. The minimum atomic E-state index is 0.782. The van der Waals surface area contributed by atoms with Crippen LogP contribution in [0.25, 0.3) is 11.4 Å². The van der Waals surface area contributed by atoms with Gasteiger partial charge in [0, 0.05) is 25.0 Å². The summed E-state index contributed by atoms with van der Waals surface area (Å²) in [6, 6.07) is 3.88. The number of hydrogen-bond donors (Lipinski definition) is 0. The summed E-state index contributed by atoms with van der Waals surface area (Å²) >= 11 is 0. The van der Waals surface area contributed by atoms with E-state index < -0.39 is 0 Å². The van der Waals surface area contributed by atoms with Gasteiger partial charge in [0.25, 0.3) is 0 Å². The van der Waals surface area contributed by atoms with Crippen LogP contribution in [0.15, 0.2) is 24.5 Å². The van der Waals surface area contributed by atoms with Crippen LogP contribution in [0.1, 0.15) is 5.82 Å². The summed E-state index contributed by atoms with van der Waals surface area (Å²) in [7, 11) is 6.00. The van der Waals surface area contributed by atoms with Crippen molar-refractivity contribution in [3.05, 3.63) is 30.4 Å². The summed E-state index contributed by atoms with van der Waals surface area (Å²) in [4.78, 5) is 6.15. The van der Waals surface area contributed by atoms with Crippen molar-refractivity contribution in [2.75, 3.05) is 14.1 Å². The topological polar surface area (TPSA) is 46.8 Å². The Morgan fingerprint density at radius 3 is 2.75 bits per heavy atom. The fourth-order valence-electron chi connectivity index (χ4n) is 1.53. The van der Waals surface area contributed by atoms with Crippen LogP contribution in [0.5, 0.6) is 0 Å². The molecule has 0 N–H and O–H groups in total. The summed E-state index contributed by atoms with van der Waals surface area (Å²) in [6.45, 7) is 0.782. The Labute approximate surface area is 94.8 Å². The quantitative estimate of drug-likeness (QED) is 0.767. The van der Waals surface area contributed by atoms with E-state index in [4.69, 9.17) is 0 Å². The molecule has 0 aliphatic heterocycles. The Hall–Kier alpha value is -1.75. The van der Waals surface area contributed by atoms with Crippen molar-refractivity contribution in [1.82, 2.24) is 24.6 Å². The molecule has 0 aromatic carbocycles. The highest BCUT2D eigenvalue weighted by atomic mass is 15.3. The number of hydrogen-bond acceptors (Lipinski definition) is 4. The van der Waals surface area contributed by atoms with Crippen LogP contribution in [0.3, 0.4) is 0 Å². The molecule has 0 bridgehead atoms. The van der Waals surface area contributed by atoms with Gasteiger partial charge in [0.1, 0.15) is 5.82 Å². The molecule has 2 rings (SSSR count). The normalized spacial score (nSPS) is 11.0. The van der Waals surface area contributed by atoms with Gasteiger partial charge in [-0.25, -0.2) is 0 Å². The Kier molecular flexibility index (Phi) is 2.96. The van der Waals surface area contributed by atoms with Crippen LogP contribution in [0.4, 0.5) is 0 Å². The van der Waals surface area contributed by atoms with E-state index in [1.165, 1.54) is 0 Å². The molecule has 0 aliphatic carbocycles. The third-order valence-corrected chi connectivity index (χ3v) is 2.34. The summed E-state index contributed by atoms with van der Waals surface area (Å²) in [5, 5.41) is 8.36. The molecule has 0 fully saturated rings. The van der Waals surface area contributed by atoms with Crippen molar-refractivity contribution < 1.29 is 0 Å². The largest absolute Gasteiger partial charge is 0.313 e. The molecule has 0 atom stereocenters. The maximum atomic E-state index is 4.19. The predicted octanol–water partition coefficient (Wildman–Crippen LogP) is 0.939. The van der Waals surface area contributed by atoms with Gasteiger partial charge >= 0.3 is 0 Å². The average molecular weight is 217 g/mol. The Morgan fingerprint density at radius 1 is 1.31 bits per heavy atom. The molecule has 2 heterocycles. The van der Waals surface area contributed by atoms with Crippen LogP contribution in [0.2, 0.25) is 0 Å². The van der Waals surface area contributed by atoms with Crippen molar-refractivity contribution in [2.24, 2.45) is 7.05 Å². The van der Waals surface area contributed by atoms with Crippen molar-refractivity contribution >= 4 is 0 Å². The molecule has 5 nitrogen and oxygen atoms in total. The first-order valence-electron chi connectivity index (χ1n) is 5.12. The standard InChI is InChI=1S/C11H15N5/c1-15(2)8-10-13-14-11(16(10)3)9-5-4-6-12-7-9/h4-7H,8H2,1-3H3. The van der Waals surface area contributed by atoms with Crippen molar-refractivity contribution in [1.29, 1.82) is 0 Å². The smallest absolute Gasteiger partial charge is 0.165 e. The van der Waals surface area contributed by atoms with Gasteiger partial charge in [0.2, 0.25) is 0 Å². The lowest BCUT2D eigenvalue weighted by molar-refractivity contribution is 0.384. The summed E-state index contributed by atoms with van der Waals surface area (Å²) in [6.07, 6.45) is 3.55. The van der Waals surface area contributed by atoms with Gasteiger partial charge in [-0.1, -0.05) is 0 Å². The second kappa shape index (κ2) is 4.40. The van der Waals surface area contributed by atoms with E-state index in [0.29, 0.717) is 0 Å². The van der Waals surface area contributed by atoms with Gasteiger partial charge in [-0.05, 0) is 26.2 Å². The lowest BCUT2D eigenvalue weighted by atomic mass is 10.3. The molecule has 2 aromatic rings. The number of nitrogens with zero attached hydrogens (tertiary/aromatic N) is 5. The Bertz CT molecular complexity index is 460. The molecule has 0 amide bonds. The average Bonchev–Trinajstić information content (AvgIpc) is 2.61. The van der Waals surface area contributed by atoms with E-state index in [2.05, 4.69) is 20.1 Å². The molecule has 0 saturated carbocycles. The number of aromatic nitrogens is 4. The molecule has 0 aliphatic rings. The highest BCUT2D eigenvalue weighted by molar-refractivity contribution is 5.53. The van der Waals surface area contributed by atoms with Crippen molar-refractivity contribution in [2.45, 2.75) is 6.54 Å². The summed E-state index contributed by atoms with van der Waals surface area (Å²) < 4.78 is 2.00. The van der Waals surface area contributed by atoms with E-state index >= 15 is 0 Å². The van der Waals surface area contributed by atoms with E-state index in [9.17, 15) is 0 Å². The molecule has 0 spiro atoms. The van der Waals surface area contributed by atoms with E-state index in [0.717, 1.165) is 23.8 Å². The molecule has 84 valence electrons. The molecule has 0 unspecified atom stereocenters. The lowest BCUT2D eigenvalue weighted by Crippen LogP contribution is -2.14. The first kappa shape index (κ1) is 10.8. The van der Waals surface area contributed by atoms with Crippen LogP contribution < -0.4 is 0 Å². The summed E-state index contributed by atoms with van der Waals surface area (Å²) in [5.74, 6) is 1.80. The molecule has 0 radical (unpaired) electrons. The first-order valence-corrected chi connectivity index (χ1v) is 5.12. The van der Waals surface area contributed by atoms with Gasteiger partial charge < -0.3 is 9.47 Å². The zero-order valence-electron chi connectivity index (χ0n) is 9.75. The van der Waals surface area contributed by atoms with E-state index in [1.807, 2.05) is 37.8 Å². The monoisotopic (exact) mass is 217 g/mol. The van der Waals surface area contributed by atoms with Crippen LogP contribution in [0, 0.1) is 0 Å². The van der Waals surface area contributed by atoms with Gasteiger partial charge in [-0.3, -0.25) is 4.98 Å². The van der Waals surface area contributed by atoms with Crippen molar-refractivity contribution in [3.8, 4) is 11.4 Å². The molecule has 16 heavy (non-hydrogen) atoms. The first-order chi connectivity index (χ1) is 7.68. The lowest BCUT2D eigenvalue weighted by Gasteiger charge is -2.08.